The van der Waals surface area contributed by atoms with Crippen molar-refractivity contribution in [2.45, 2.75) is 36.1 Å². The van der Waals surface area contributed by atoms with Crippen molar-refractivity contribution in [1.82, 2.24) is 4.72 Å². The minimum Gasteiger partial charge on any atom is -0.207 e. The number of thioether (sulfide) groups is 1. The maximum absolute atomic E-state index is 13.6. The highest BCUT2D eigenvalue weighted by Crippen LogP contribution is 2.37. The van der Waals surface area contributed by atoms with Crippen molar-refractivity contribution in [3.8, 4) is 0 Å². The van der Waals surface area contributed by atoms with E-state index in [1.165, 1.54) is 12.1 Å². The molecule has 3 nitrogen and oxygen atoms in total. The highest BCUT2D eigenvalue weighted by Gasteiger charge is 2.27. The minimum absolute atomic E-state index is 0.286. The molecule has 0 saturated heterocycles. The summed E-state index contributed by atoms with van der Waals surface area (Å²) in [7, 11) is -3.65. The number of aryl methyl sites for hydroxylation is 2. The Kier molecular flexibility index (Phi) is 4.49. The van der Waals surface area contributed by atoms with Gasteiger partial charge in [0.05, 0.1) is 4.90 Å². The average Bonchev–Trinajstić information content (AvgIpc) is 2.50. The summed E-state index contributed by atoms with van der Waals surface area (Å²) in [5.41, 5.74) is 2.31. The molecule has 1 atom stereocenters. The van der Waals surface area contributed by atoms with E-state index in [1.807, 2.05) is 13.0 Å². The molecule has 1 N–H and O–H groups in total. The summed E-state index contributed by atoms with van der Waals surface area (Å²) < 4.78 is 41.8. The van der Waals surface area contributed by atoms with Crippen LogP contribution in [-0.2, 0) is 10.0 Å². The summed E-state index contributed by atoms with van der Waals surface area (Å²) in [4.78, 5) is 1.22. The van der Waals surface area contributed by atoms with Crippen LogP contribution in [0, 0.1) is 19.7 Å². The molecular formula is C17H18FNO2S2. The first kappa shape index (κ1) is 16.5. The molecule has 0 radical (unpaired) electrons. The first-order valence-electron chi connectivity index (χ1n) is 7.39. The van der Waals surface area contributed by atoms with Crippen molar-refractivity contribution in [3.63, 3.8) is 0 Å². The van der Waals surface area contributed by atoms with Crippen LogP contribution in [0.3, 0.4) is 0 Å². The molecule has 0 fully saturated rings. The van der Waals surface area contributed by atoms with Gasteiger partial charge in [-0.25, -0.2) is 17.5 Å². The van der Waals surface area contributed by atoms with Gasteiger partial charge in [0.15, 0.2) is 0 Å². The predicted molar refractivity (Wildman–Crippen MR) is 90.7 cm³/mol. The maximum Gasteiger partial charge on any atom is 0.241 e. The van der Waals surface area contributed by atoms with Crippen LogP contribution in [0.15, 0.2) is 46.2 Å². The predicted octanol–water partition coefficient (Wildman–Crippen LogP) is 3.96. The zero-order valence-electron chi connectivity index (χ0n) is 13.0. The van der Waals surface area contributed by atoms with Crippen molar-refractivity contribution < 1.29 is 12.8 Å². The molecule has 1 aliphatic rings. The van der Waals surface area contributed by atoms with Crippen molar-refractivity contribution in [2.24, 2.45) is 0 Å². The van der Waals surface area contributed by atoms with E-state index in [4.69, 9.17) is 0 Å². The third-order valence-electron chi connectivity index (χ3n) is 3.94. The van der Waals surface area contributed by atoms with Gasteiger partial charge in [-0.2, -0.15) is 0 Å². The molecule has 1 heterocycles. The van der Waals surface area contributed by atoms with Crippen LogP contribution in [-0.4, -0.2) is 14.2 Å². The molecule has 0 aromatic heterocycles. The number of rotatable bonds is 3. The highest BCUT2D eigenvalue weighted by atomic mass is 32.2. The van der Waals surface area contributed by atoms with Crippen LogP contribution >= 0.6 is 11.8 Å². The Labute approximate surface area is 140 Å². The number of halogens is 1. The van der Waals surface area contributed by atoms with Gasteiger partial charge in [0, 0.05) is 10.9 Å². The van der Waals surface area contributed by atoms with Gasteiger partial charge in [0.25, 0.3) is 0 Å². The summed E-state index contributed by atoms with van der Waals surface area (Å²) in [6.45, 7) is 3.64. The van der Waals surface area contributed by atoms with Crippen molar-refractivity contribution in [1.29, 1.82) is 0 Å². The van der Waals surface area contributed by atoms with Gasteiger partial charge in [-0.15, -0.1) is 11.8 Å². The number of nitrogens with one attached hydrogen (secondary N) is 1. The van der Waals surface area contributed by atoms with E-state index in [9.17, 15) is 12.8 Å². The number of fused-ring (bicyclic) bond motifs is 1. The van der Waals surface area contributed by atoms with E-state index in [1.54, 1.807) is 36.9 Å². The van der Waals surface area contributed by atoms with Gasteiger partial charge in [0.1, 0.15) is 5.82 Å². The molecule has 122 valence electrons. The van der Waals surface area contributed by atoms with Crippen molar-refractivity contribution >= 4 is 21.8 Å². The molecule has 2 aromatic rings. The number of benzene rings is 2. The molecule has 0 spiro atoms. The van der Waals surface area contributed by atoms with E-state index in [0.717, 1.165) is 21.8 Å². The normalized spacial score (nSPS) is 17.8. The molecule has 0 saturated carbocycles. The zero-order chi connectivity index (χ0) is 16.6. The lowest BCUT2D eigenvalue weighted by atomic mass is 10.0. The second-order valence-electron chi connectivity index (χ2n) is 5.76. The second-order valence-corrected chi connectivity index (χ2v) is 8.58. The van der Waals surface area contributed by atoms with Crippen LogP contribution in [0.1, 0.15) is 29.2 Å². The SMILES string of the molecule is Cc1ccc(C)c(S(=O)(=O)N[C@@H]2CCSc3ccc(F)cc32)c1. The van der Waals surface area contributed by atoms with E-state index in [-0.39, 0.29) is 10.7 Å². The fraction of sp³-hybridized carbons (Fsp3) is 0.294. The molecule has 0 amide bonds. The monoisotopic (exact) mass is 351 g/mol. The summed E-state index contributed by atoms with van der Waals surface area (Å²) >= 11 is 1.63. The smallest absolute Gasteiger partial charge is 0.207 e. The Morgan fingerprint density at radius 3 is 2.74 bits per heavy atom. The van der Waals surface area contributed by atoms with E-state index < -0.39 is 16.1 Å². The Bertz CT molecular complexity index is 850. The topological polar surface area (TPSA) is 46.2 Å². The van der Waals surface area contributed by atoms with Crippen LogP contribution < -0.4 is 4.72 Å². The lowest BCUT2D eigenvalue weighted by Crippen LogP contribution is -2.31. The summed E-state index contributed by atoms with van der Waals surface area (Å²) in [6.07, 6.45) is 0.644. The first-order chi connectivity index (χ1) is 10.9. The maximum atomic E-state index is 13.6. The number of sulfonamides is 1. The second kappa shape index (κ2) is 6.26. The average molecular weight is 351 g/mol. The Hall–Kier alpha value is -1.37. The minimum atomic E-state index is -3.65. The standard InChI is InChI=1S/C17H18FNO2S2/c1-11-3-4-12(2)17(9-11)23(20,21)19-15-7-8-22-16-6-5-13(18)10-14(15)16/h3-6,9-10,15,19H,7-8H2,1-2H3/t15-/m1/s1. The molecule has 0 aliphatic carbocycles. The van der Waals surface area contributed by atoms with Crippen molar-refractivity contribution in [2.75, 3.05) is 5.75 Å². The van der Waals surface area contributed by atoms with Gasteiger partial charge < -0.3 is 0 Å². The van der Waals surface area contributed by atoms with E-state index in [2.05, 4.69) is 4.72 Å². The van der Waals surface area contributed by atoms with Gasteiger partial charge >= 0.3 is 0 Å². The van der Waals surface area contributed by atoms with Gasteiger partial charge in [-0.3, -0.25) is 0 Å². The van der Waals surface area contributed by atoms with Crippen molar-refractivity contribution in [3.05, 3.63) is 58.9 Å². The van der Waals surface area contributed by atoms with Crippen LogP contribution in [0.2, 0.25) is 0 Å². The fourth-order valence-corrected chi connectivity index (χ4v) is 5.42. The molecule has 0 bridgehead atoms. The Morgan fingerprint density at radius 2 is 1.96 bits per heavy atom. The summed E-state index contributed by atoms with van der Waals surface area (Å²) in [5, 5.41) is 0. The lowest BCUT2D eigenvalue weighted by molar-refractivity contribution is 0.541. The number of hydrogen-bond donors (Lipinski definition) is 1. The quantitative estimate of drug-likeness (QED) is 0.910. The lowest BCUT2D eigenvalue weighted by Gasteiger charge is -2.26. The molecular weight excluding hydrogens is 333 g/mol. The number of hydrogen-bond acceptors (Lipinski definition) is 3. The van der Waals surface area contributed by atoms with Crippen LogP contribution in [0.4, 0.5) is 4.39 Å². The van der Waals surface area contributed by atoms with Crippen LogP contribution in [0.5, 0.6) is 0 Å². The third-order valence-corrected chi connectivity index (χ3v) is 6.68. The van der Waals surface area contributed by atoms with Crippen LogP contribution in [0.25, 0.3) is 0 Å². The molecule has 6 heteroatoms. The highest BCUT2D eigenvalue weighted by molar-refractivity contribution is 7.99. The van der Waals surface area contributed by atoms with Gasteiger partial charge in [0.2, 0.25) is 10.0 Å². The Morgan fingerprint density at radius 1 is 1.17 bits per heavy atom. The van der Waals surface area contributed by atoms with E-state index in [0.29, 0.717) is 12.0 Å². The van der Waals surface area contributed by atoms with Gasteiger partial charge in [-0.1, -0.05) is 12.1 Å². The summed E-state index contributed by atoms with van der Waals surface area (Å²) in [6, 6.07) is 9.51. The molecule has 2 aromatic carbocycles. The van der Waals surface area contributed by atoms with E-state index >= 15 is 0 Å². The molecule has 3 rings (SSSR count). The third kappa shape index (κ3) is 3.44. The largest absolute Gasteiger partial charge is 0.241 e. The van der Waals surface area contributed by atoms with Gasteiger partial charge in [-0.05, 0) is 67.0 Å². The molecule has 1 aliphatic heterocycles. The zero-order valence-corrected chi connectivity index (χ0v) is 14.6. The molecule has 0 unspecified atom stereocenters. The summed E-state index contributed by atoms with van der Waals surface area (Å²) in [5.74, 6) is 0.459. The fourth-order valence-electron chi connectivity index (χ4n) is 2.74. The molecule has 23 heavy (non-hydrogen) atoms. The first-order valence-corrected chi connectivity index (χ1v) is 9.85. The Balaban J connectivity index is 1.96.